The summed E-state index contributed by atoms with van der Waals surface area (Å²) in [4.78, 5) is 0. The monoisotopic (exact) mass is 292 g/mol. The third-order valence-electron chi connectivity index (χ3n) is 3.29. The minimum Gasteiger partial charge on any atom is -0.379 e. The van der Waals surface area contributed by atoms with Gasteiger partial charge in [0.1, 0.15) is 0 Å². The zero-order chi connectivity index (χ0) is 11.7. The van der Waals surface area contributed by atoms with E-state index in [9.17, 15) is 0 Å². The van der Waals surface area contributed by atoms with E-state index >= 15 is 0 Å². The Balaban J connectivity index is 2.08. The van der Waals surface area contributed by atoms with E-state index in [0.29, 0.717) is 0 Å². The molecule has 3 heteroatoms. The highest BCUT2D eigenvalue weighted by Gasteiger charge is 2.31. The molecule has 2 nitrogen and oxygen atoms in total. The van der Waals surface area contributed by atoms with Crippen LogP contribution in [0.25, 0.3) is 0 Å². The second-order valence-corrected chi connectivity index (χ2v) is 5.25. The normalized spacial score (nSPS) is 19.9. The molecular weight excluding hydrogens is 268 g/mol. The van der Waals surface area contributed by atoms with Crippen LogP contribution in [0.15, 0.2) is 0 Å². The topological polar surface area (TPSA) is 18.5 Å². The van der Waals surface area contributed by atoms with Gasteiger partial charge < -0.3 is 9.47 Å². The molecule has 1 saturated carbocycles. The summed E-state index contributed by atoms with van der Waals surface area (Å²) in [5.41, 5.74) is 0.104. The third kappa shape index (κ3) is 5.15. The van der Waals surface area contributed by atoms with Crippen LogP contribution in [0.3, 0.4) is 0 Å². The molecule has 0 amide bonds. The first-order chi connectivity index (χ1) is 7.83. The summed E-state index contributed by atoms with van der Waals surface area (Å²) in [5.74, 6) is 0. The van der Waals surface area contributed by atoms with Gasteiger partial charge in [0.2, 0.25) is 0 Å². The number of hydrogen-bond acceptors (Lipinski definition) is 2. The maximum atomic E-state index is 6.03. The smallest absolute Gasteiger partial charge is 0.0780 e. The molecule has 1 fully saturated rings. The Morgan fingerprint density at radius 3 is 2.44 bits per heavy atom. The first-order valence-electron chi connectivity index (χ1n) is 6.61. The van der Waals surface area contributed by atoms with Crippen molar-refractivity contribution >= 4 is 15.9 Å². The highest BCUT2D eigenvalue weighted by molar-refractivity contribution is 9.09. The van der Waals surface area contributed by atoms with Crippen LogP contribution in [0.1, 0.15) is 51.9 Å². The van der Waals surface area contributed by atoms with E-state index in [1.54, 1.807) is 0 Å². The van der Waals surface area contributed by atoms with Crippen LogP contribution < -0.4 is 0 Å². The van der Waals surface area contributed by atoms with Crippen LogP contribution in [0.2, 0.25) is 0 Å². The van der Waals surface area contributed by atoms with Crippen molar-refractivity contribution in [3.63, 3.8) is 0 Å². The highest BCUT2D eigenvalue weighted by Crippen LogP contribution is 2.33. The summed E-state index contributed by atoms with van der Waals surface area (Å²) in [6, 6.07) is 0. The van der Waals surface area contributed by atoms with E-state index < -0.39 is 0 Å². The molecule has 0 unspecified atom stereocenters. The van der Waals surface area contributed by atoms with Gasteiger partial charge in [0.15, 0.2) is 0 Å². The van der Waals surface area contributed by atoms with E-state index in [0.717, 1.165) is 31.6 Å². The zero-order valence-electron chi connectivity index (χ0n) is 10.5. The SMILES string of the molecule is CCCCOCCOC1(CBr)CCCCC1. The highest BCUT2D eigenvalue weighted by atomic mass is 79.9. The molecule has 0 N–H and O–H groups in total. The van der Waals surface area contributed by atoms with Crippen molar-refractivity contribution in [3.05, 3.63) is 0 Å². The lowest BCUT2D eigenvalue weighted by molar-refractivity contribution is -0.0721. The van der Waals surface area contributed by atoms with E-state index in [4.69, 9.17) is 9.47 Å². The van der Waals surface area contributed by atoms with Crippen molar-refractivity contribution in [2.75, 3.05) is 25.2 Å². The van der Waals surface area contributed by atoms with Crippen molar-refractivity contribution in [1.29, 1.82) is 0 Å². The zero-order valence-corrected chi connectivity index (χ0v) is 12.1. The molecule has 0 aromatic heterocycles. The van der Waals surface area contributed by atoms with Gasteiger partial charge in [0.25, 0.3) is 0 Å². The first-order valence-corrected chi connectivity index (χ1v) is 7.73. The fourth-order valence-corrected chi connectivity index (χ4v) is 2.90. The Kier molecular flexibility index (Phi) is 7.67. The average molecular weight is 293 g/mol. The Morgan fingerprint density at radius 2 is 1.81 bits per heavy atom. The van der Waals surface area contributed by atoms with Crippen LogP contribution in [0.5, 0.6) is 0 Å². The van der Waals surface area contributed by atoms with Crippen LogP contribution in [0, 0.1) is 0 Å². The molecule has 0 aromatic rings. The maximum Gasteiger partial charge on any atom is 0.0780 e. The van der Waals surface area contributed by atoms with Gasteiger partial charge in [-0.3, -0.25) is 0 Å². The standard InChI is InChI=1S/C13H25BrO2/c1-2-3-9-15-10-11-16-13(12-14)7-5-4-6-8-13/h2-12H2,1H3. The van der Waals surface area contributed by atoms with Gasteiger partial charge in [-0.25, -0.2) is 0 Å². The number of halogens is 1. The van der Waals surface area contributed by atoms with Crippen molar-refractivity contribution in [3.8, 4) is 0 Å². The Morgan fingerprint density at radius 1 is 1.06 bits per heavy atom. The molecule has 1 aliphatic carbocycles. The summed E-state index contributed by atoms with van der Waals surface area (Å²) >= 11 is 3.60. The summed E-state index contributed by atoms with van der Waals surface area (Å²) in [5, 5.41) is 0.967. The van der Waals surface area contributed by atoms with E-state index in [-0.39, 0.29) is 5.60 Å². The van der Waals surface area contributed by atoms with Gasteiger partial charge in [0, 0.05) is 11.9 Å². The number of ether oxygens (including phenoxy) is 2. The number of alkyl halides is 1. The van der Waals surface area contributed by atoms with Crippen molar-refractivity contribution in [2.24, 2.45) is 0 Å². The van der Waals surface area contributed by atoms with Crippen LogP contribution in [0.4, 0.5) is 0 Å². The number of unbranched alkanes of at least 4 members (excludes halogenated alkanes) is 1. The van der Waals surface area contributed by atoms with Crippen LogP contribution >= 0.6 is 15.9 Å². The van der Waals surface area contributed by atoms with Crippen molar-refractivity contribution < 1.29 is 9.47 Å². The van der Waals surface area contributed by atoms with Crippen molar-refractivity contribution in [2.45, 2.75) is 57.5 Å². The second-order valence-electron chi connectivity index (χ2n) is 4.69. The quantitative estimate of drug-likeness (QED) is 0.499. The third-order valence-corrected chi connectivity index (χ3v) is 4.31. The molecule has 0 saturated heterocycles. The Labute approximate surface area is 108 Å². The maximum absolute atomic E-state index is 6.03. The predicted molar refractivity (Wildman–Crippen MR) is 71.3 cm³/mol. The van der Waals surface area contributed by atoms with Gasteiger partial charge in [0.05, 0.1) is 18.8 Å². The fourth-order valence-electron chi connectivity index (χ4n) is 2.18. The molecule has 16 heavy (non-hydrogen) atoms. The second kappa shape index (κ2) is 8.48. The minimum atomic E-state index is 0.104. The molecule has 0 bridgehead atoms. The Bertz CT molecular complexity index is 167. The van der Waals surface area contributed by atoms with E-state index in [2.05, 4.69) is 22.9 Å². The lowest BCUT2D eigenvalue weighted by Gasteiger charge is -2.35. The summed E-state index contributed by atoms with van der Waals surface area (Å²) in [7, 11) is 0. The lowest BCUT2D eigenvalue weighted by Crippen LogP contribution is -2.37. The van der Waals surface area contributed by atoms with E-state index in [1.165, 1.54) is 38.5 Å². The van der Waals surface area contributed by atoms with Gasteiger partial charge in [-0.2, -0.15) is 0 Å². The number of hydrogen-bond donors (Lipinski definition) is 0. The van der Waals surface area contributed by atoms with E-state index in [1.807, 2.05) is 0 Å². The molecule has 0 aliphatic heterocycles. The summed E-state index contributed by atoms with van der Waals surface area (Å²) < 4.78 is 11.5. The van der Waals surface area contributed by atoms with Crippen LogP contribution in [-0.2, 0) is 9.47 Å². The lowest BCUT2D eigenvalue weighted by atomic mass is 9.86. The van der Waals surface area contributed by atoms with Gasteiger partial charge in [-0.15, -0.1) is 0 Å². The summed E-state index contributed by atoms with van der Waals surface area (Å²) in [6.07, 6.45) is 8.74. The van der Waals surface area contributed by atoms with Gasteiger partial charge >= 0.3 is 0 Å². The first kappa shape index (κ1) is 14.5. The molecule has 1 aliphatic rings. The Hall–Kier alpha value is 0.400. The predicted octanol–water partition coefficient (Wildman–Crippen LogP) is 3.92. The molecule has 96 valence electrons. The summed E-state index contributed by atoms with van der Waals surface area (Å²) in [6.45, 7) is 4.55. The molecule has 0 radical (unpaired) electrons. The fraction of sp³-hybridized carbons (Fsp3) is 1.00. The van der Waals surface area contributed by atoms with Gasteiger partial charge in [-0.05, 0) is 19.3 Å². The van der Waals surface area contributed by atoms with Gasteiger partial charge in [-0.1, -0.05) is 48.5 Å². The van der Waals surface area contributed by atoms with Crippen LogP contribution in [-0.4, -0.2) is 30.8 Å². The molecule has 1 rings (SSSR count). The molecular formula is C13H25BrO2. The molecule has 0 heterocycles. The minimum absolute atomic E-state index is 0.104. The number of rotatable bonds is 8. The molecule has 0 atom stereocenters. The van der Waals surface area contributed by atoms with Crippen molar-refractivity contribution in [1.82, 2.24) is 0 Å². The molecule has 0 spiro atoms. The molecule has 0 aromatic carbocycles. The largest absolute Gasteiger partial charge is 0.379 e. The average Bonchev–Trinajstić information content (AvgIpc) is 2.35.